The number of rotatable bonds is 9. The molecule has 0 saturated heterocycles. The van der Waals surface area contributed by atoms with Crippen molar-refractivity contribution < 1.29 is 36.9 Å². The molecule has 0 spiro atoms. The van der Waals surface area contributed by atoms with Crippen LogP contribution in [0.3, 0.4) is 0 Å². The molecule has 0 aromatic carbocycles. The van der Waals surface area contributed by atoms with E-state index in [-0.39, 0.29) is 35.9 Å². The smallest absolute Gasteiger partial charge is 1.00 e. The number of hydrogen-bond acceptors (Lipinski definition) is 5. The first-order valence-corrected chi connectivity index (χ1v) is 8.78. The molecule has 0 radical (unpaired) electrons. The summed E-state index contributed by atoms with van der Waals surface area (Å²) in [5.41, 5.74) is 0. The van der Waals surface area contributed by atoms with Gasteiger partial charge < -0.3 is 32.2 Å². The number of unbranched alkanes of at least 4 members (excludes halogenated alkanes) is 5. The van der Waals surface area contributed by atoms with Crippen LogP contribution in [0, 0.1) is 0 Å². The number of carbonyl (C=O) groups is 2. The van der Waals surface area contributed by atoms with Gasteiger partial charge in [-0.2, -0.15) is 0 Å². The van der Waals surface area contributed by atoms with Crippen molar-refractivity contribution in [1.29, 1.82) is 0 Å². The zero-order valence-corrected chi connectivity index (χ0v) is 17.1. The monoisotopic (exact) mass is 388 g/mol. The Morgan fingerprint density at radius 2 is 1.56 bits per heavy atom. The van der Waals surface area contributed by atoms with Gasteiger partial charge in [0.15, 0.2) is 0 Å². The van der Waals surface area contributed by atoms with E-state index in [9.17, 15) is 19.8 Å². The number of carboxylic acids is 1. The van der Waals surface area contributed by atoms with Gasteiger partial charge in [-0.3, -0.25) is 0 Å². The van der Waals surface area contributed by atoms with Crippen molar-refractivity contribution in [2.24, 2.45) is 0 Å². The molecule has 1 aliphatic carbocycles. The van der Waals surface area contributed by atoms with Gasteiger partial charge in [-0.15, -0.1) is 6.10 Å². The molecule has 7 heteroatoms. The molecule has 1 fully saturated rings. The summed E-state index contributed by atoms with van der Waals surface area (Å²) in [6, 6.07) is 0. The molecule has 0 amide bonds. The molecule has 5 nitrogen and oxygen atoms in total. The van der Waals surface area contributed by atoms with E-state index in [2.05, 4.69) is 6.92 Å². The first-order chi connectivity index (χ1) is 11.1. The molecule has 1 aliphatic rings. The Bertz CT molecular complexity index is 344. The minimum atomic E-state index is -1.39. The van der Waals surface area contributed by atoms with Gasteiger partial charge in [0.2, 0.25) is 0 Å². The normalized spacial score (nSPS) is 13.8. The molecule has 1 saturated carbocycles. The molecule has 0 aromatic rings. The Morgan fingerprint density at radius 3 is 2.04 bits per heavy atom. The Labute approximate surface area is 168 Å². The van der Waals surface area contributed by atoms with Crippen molar-refractivity contribution in [1.82, 2.24) is 0 Å². The second kappa shape index (κ2) is 21.5. The Kier molecular flexibility index (Phi) is 25.1. The van der Waals surface area contributed by atoms with E-state index in [0.29, 0.717) is 12.7 Å². The first kappa shape index (κ1) is 29.2. The molecule has 1 rings (SSSR count). The molecule has 0 bridgehead atoms. The van der Waals surface area contributed by atoms with Crippen molar-refractivity contribution in [3.05, 3.63) is 12.2 Å². The van der Waals surface area contributed by atoms with Crippen LogP contribution in [-0.4, -0.2) is 42.0 Å². The van der Waals surface area contributed by atoms with Gasteiger partial charge in [0, 0.05) is 6.08 Å². The fourth-order valence-electron chi connectivity index (χ4n) is 2.30. The van der Waals surface area contributed by atoms with Crippen LogP contribution in [0.4, 0.5) is 0 Å². The van der Waals surface area contributed by atoms with Gasteiger partial charge in [-0.1, -0.05) is 71.1 Å². The van der Waals surface area contributed by atoms with Gasteiger partial charge in [-0.25, -0.2) is 4.79 Å². The van der Waals surface area contributed by atoms with E-state index >= 15 is 0 Å². The van der Waals surface area contributed by atoms with Crippen molar-refractivity contribution in [3.8, 4) is 0 Å². The summed E-state index contributed by atoms with van der Waals surface area (Å²) in [4.78, 5) is 20.9. The van der Waals surface area contributed by atoms with Gasteiger partial charge in [-0.05, 0) is 12.5 Å². The van der Waals surface area contributed by atoms with Crippen molar-refractivity contribution in [2.45, 2.75) is 83.7 Å². The van der Waals surface area contributed by atoms with Crippen molar-refractivity contribution >= 4 is 29.3 Å². The molecule has 0 aromatic heterocycles. The maximum Gasteiger partial charge on any atom is 3.00 e. The molecule has 0 aliphatic heterocycles. The largest absolute Gasteiger partial charge is 3.00 e. The quantitative estimate of drug-likeness (QED) is 0.207. The number of ether oxygens (including phenoxy) is 1. The van der Waals surface area contributed by atoms with Crippen LogP contribution in [0.2, 0.25) is 0 Å². The van der Waals surface area contributed by atoms with Crippen LogP contribution in [0.5, 0.6) is 0 Å². The predicted molar refractivity (Wildman–Crippen MR) is 91.1 cm³/mol. The minimum absolute atomic E-state index is 0. The number of carboxylic acid groups (broad SMARTS) is 1. The van der Waals surface area contributed by atoms with E-state index in [1.807, 2.05) is 0 Å². The molecule has 0 unspecified atom stereocenters. The summed E-state index contributed by atoms with van der Waals surface area (Å²) in [6.45, 7) is 2.51. The standard InChI is InChI=1S/C12H20O4.C6H11O.Al.ClH/c1-2-3-4-5-6-7-10-16-12(15)9-8-11(13)14;7-6-4-2-1-3-5-6;;/h8-9H,2-7,10H2,1H3,(H,13,14);6H,1-5H2;;1H/q;-1;+3;/p-2/b9-8+;;;. The summed E-state index contributed by atoms with van der Waals surface area (Å²) >= 11 is 0. The third-order valence-corrected chi connectivity index (χ3v) is 3.65. The van der Waals surface area contributed by atoms with Crippen molar-refractivity contribution in [2.75, 3.05) is 6.61 Å². The van der Waals surface area contributed by atoms with Crippen molar-refractivity contribution in [3.63, 3.8) is 0 Å². The number of halogens is 1. The molecule has 0 heterocycles. The van der Waals surface area contributed by atoms with Gasteiger partial charge >= 0.3 is 23.3 Å². The SMILES string of the molecule is CCCCCCCCOC(=O)/C=C/C(=O)[O-].[Al+3].[Cl-].[O-]C1CCCCC1. The van der Waals surface area contributed by atoms with Gasteiger partial charge in [0.05, 0.1) is 12.6 Å². The second-order valence-electron chi connectivity index (χ2n) is 5.85. The first-order valence-electron chi connectivity index (χ1n) is 8.78. The summed E-state index contributed by atoms with van der Waals surface area (Å²) < 4.78 is 4.78. The van der Waals surface area contributed by atoms with Gasteiger partial charge in [0.25, 0.3) is 0 Å². The summed E-state index contributed by atoms with van der Waals surface area (Å²) in [7, 11) is 0. The Balaban J connectivity index is -0.000000452. The van der Waals surface area contributed by atoms with Crippen LogP contribution in [0.1, 0.15) is 77.6 Å². The Hall–Kier alpha value is -0.538. The van der Waals surface area contributed by atoms with Crippen LogP contribution in [-0.2, 0) is 14.3 Å². The molecule has 142 valence electrons. The maximum atomic E-state index is 10.9. The molecule has 0 atom stereocenters. The fourth-order valence-corrected chi connectivity index (χ4v) is 2.30. The van der Waals surface area contributed by atoms with E-state index in [4.69, 9.17) is 4.74 Å². The average molecular weight is 389 g/mol. The minimum Gasteiger partial charge on any atom is -1.00 e. The van der Waals surface area contributed by atoms with Crippen LogP contribution in [0.15, 0.2) is 12.2 Å². The number of hydrogen-bond donors (Lipinski definition) is 0. The third kappa shape index (κ3) is 23.5. The summed E-state index contributed by atoms with van der Waals surface area (Å²) in [5.74, 6) is -2.02. The van der Waals surface area contributed by atoms with Gasteiger partial charge in [0.1, 0.15) is 0 Å². The topological polar surface area (TPSA) is 89.5 Å². The number of aliphatic carboxylic acids is 1. The second-order valence-corrected chi connectivity index (χ2v) is 5.85. The van der Waals surface area contributed by atoms with E-state index in [0.717, 1.165) is 38.2 Å². The molecular weight excluding hydrogens is 359 g/mol. The van der Waals surface area contributed by atoms with E-state index in [1.54, 1.807) is 0 Å². The summed E-state index contributed by atoms with van der Waals surface area (Å²) in [5, 5.41) is 20.5. The fraction of sp³-hybridized carbons (Fsp3) is 0.778. The number of esters is 1. The molecule has 0 N–H and O–H groups in total. The zero-order chi connectivity index (χ0) is 17.3. The third-order valence-electron chi connectivity index (χ3n) is 3.65. The molecule has 25 heavy (non-hydrogen) atoms. The zero-order valence-electron chi connectivity index (χ0n) is 15.2. The molecular formula is C18H30AlClO5. The summed E-state index contributed by atoms with van der Waals surface area (Å²) in [6.07, 6.45) is 13.5. The van der Waals surface area contributed by atoms with Crippen LogP contribution in [0.25, 0.3) is 0 Å². The van der Waals surface area contributed by atoms with E-state index in [1.165, 1.54) is 38.5 Å². The van der Waals surface area contributed by atoms with E-state index < -0.39 is 11.9 Å². The Morgan fingerprint density at radius 1 is 1.00 bits per heavy atom. The van der Waals surface area contributed by atoms with Crippen LogP contribution < -0.4 is 22.6 Å². The predicted octanol–water partition coefficient (Wildman–Crippen LogP) is -1.50. The van der Waals surface area contributed by atoms with Crippen LogP contribution >= 0.6 is 0 Å². The number of carbonyl (C=O) groups excluding carboxylic acids is 2. The average Bonchev–Trinajstić information content (AvgIpc) is 2.53. The maximum absolute atomic E-state index is 10.9.